The molecule has 8 heteroatoms. The van der Waals surface area contributed by atoms with E-state index >= 15 is 0 Å². The number of furan rings is 1. The number of sulfonamides is 1. The van der Waals surface area contributed by atoms with Gasteiger partial charge in [0.1, 0.15) is 0 Å². The van der Waals surface area contributed by atoms with Crippen molar-refractivity contribution in [2.24, 2.45) is 0 Å². The van der Waals surface area contributed by atoms with Crippen molar-refractivity contribution in [2.75, 3.05) is 7.05 Å². The van der Waals surface area contributed by atoms with Crippen LogP contribution in [0.5, 0.6) is 0 Å². The number of nitrogens with one attached hydrogen (secondary N) is 2. The summed E-state index contributed by atoms with van der Waals surface area (Å²) in [7, 11) is -1.78. The Kier molecular flexibility index (Phi) is 7.26. The molecule has 1 aromatic carbocycles. The summed E-state index contributed by atoms with van der Waals surface area (Å²) in [5.41, 5.74) is 1.48. The number of carbonyl (C=O) groups is 1. The minimum Gasteiger partial charge on any atom is -0.438 e. The average molecular weight is 422 g/mol. The minimum atomic E-state index is -3.83. The molecular formula is C21H31N3O4S. The summed E-state index contributed by atoms with van der Waals surface area (Å²) in [6.07, 6.45) is 0. The fourth-order valence-electron chi connectivity index (χ4n) is 2.64. The first-order chi connectivity index (χ1) is 13.4. The monoisotopic (exact) mass is 421 g/mol. The molecule has 1 aromatic heterocycles. The van der Waals surface area contributed by atoms with Gasteiger partial charge in [-0.15, -0.1) is 0 Å². The normalized spacial score (nSPS) is 12.6. The quantitative estimate of drug-likeness (QED) is 0.683. The molecule has 0 aliphatic rings. The van der Waals surface area contributed by atoms with Crippen molar-refractivity contribution in [1.29, 1.82) is 0 Å². The van der Waals surface area contributed by atoms with E-state index in [4.69, 9.17) is 4.42 Å². The van der Waals surface area contributed by atoms with Crippen molar-refractivity contribution in [2.45, 2.75) is 64.4 Å². The van der Waals surface area contributed by atoms with E-state index in [1.54, 1.807) is 20.8 Å². The fourth-order valence-corrected chi connectivity index (χ4v) is 3.99. The van der Waals surface area contributed by atoms with Gasteiger partial charge in [-0.3, -0.25) is 9.69 Å². The summed E-state index contributed by atoms with van der Waals surface area (Å²) >= 11 is 0. The summed E-state index contributed by atoms with van der Waals surface area (Å²) in [5.74, 6) is -0.509. The van der Waals surface area contributed by atoms with Gasteiger partial charge in [0.25, 0.3) is 15.9 Å². The third kappa shape index (κ3) is 6.69. The van der Waals surface area contributed by atoms with Gasteiger partial charge in [-0.2, -0.15) is 0 Å². The molecule has 0 saturated carbocycles. The summed E-state index contributed by atoms with van der Waals surface area (Å²) in [6, 6.07) is 11.0. The van der Waals surface area contributed by atoms with Crippen molar-refractivity contribution in [1.82, 2.24) is 14.9 Å². The van der Waals surface area contributed by atoms with Crippen LogP contribution in [0, 0.1) is 0 Å². The van der Waals surface area contributed by atoms with Crippen molar-refractivity contribution >= 4 is 15.9 Å². The van der Waals surface area contributed by atoms with Crippen LogP contribution in [0.25, 0.3) is 0 Å². The van der Waals surface area contributed by atoms with Gasteiger partial charge in [0.15, 0.2) is 5.76 Å². The first-order valence-corrected chi connectivity index (χ1v) is 11.1. The summed E-state index contributed by atoms with van der Waals surface area (Å²) in [6.45, 7) is 10.5. The zero-order valence-corrected chi connectivity index (χ0v) is 18.8. The predicted molar refractivity (Wildman–Crippen MR) is 113 cm³/mol. The molecule has 0 spiro atoms. The van der Waals surface area contributed by atoms with E-state index < -0.39 is 21.5 Å². The summed E-state index contributed by atoms with van der Waals surface area (Å²) < 4.78 is 32.4. The lowest BCUT2D eigenvalue weighted by Crippen LogP contribution is -2.40. The van der Waals surface area contributed by atoms with Crippen LogP contribution >= 0.6 is 0 Å². The van der Waals surface area contributed by atoms with E-state index in [1.165, 1.54) is 12.1 Å². The number of hydrogen-bond donors (Lipinski definition) is 2. The fraction of sp³-hybridized carbons (Fsp3) is 0.476. The molecule has 0 fully saturated rings. The molecule has 0 bridgehead atoms. The lowest BCUT2D eigenvalue weighted by Gasteiger charge is -2.22. The minimum absolute atomic E-state index is 0.0453. The maximum Gasteiger partial charge on any atom is 0.287 e. The molecule has 0 radical (unpaired) electrons. The number of carbonyl (C=O) groups excluding carboxylic acids is 1. The molecule has 160 valence electrons. The zero-order chi connectivity index (χ0) is 21.8. The molecule has 0 saturated heterocycles. The molecule has 1 heterocycles. The third-order valence-electron chi connectivity index (χ3n) is 4.37. The topological polar surface area (TPSA) is 91.7 Å². The van der Waals surface area contributed by atoms with Crippen LogP contribution in [-0.4, -0.2) is 37.9 Å². The Bertz CT molecular complexity index is 943. The van der Waals surface area contributed by atoms with Gasteiger partial charge < -0.3 is 9.73 Å². The van der Waals surface area contributed by atoms with Gasteiger partial charge in [-0.25, -0.2) is 13.1 Å². The van der Waals surface area contributed by atoms with Gasteiger partial charge in [-0.1, -0.05) is 24.3 Å². The Morgan fingerprint density at radius 1 is 1.10 bits per heavy atom. The van der Waals surface area contributed by atoms with E-state index in [9.17, 15) is 13.2 Å². The highest BCUT2D eigenvalue weighted by atomic mass is 32.2. The Morgan fingerprint density at radius 2 is 1.72 bits per heavy atom. The van der Waals surface area contributed by atoms with Crippen molar-refractivity contribution in [3.05, 3.63) is 53.3 Å². The smallest absolute Gasteiger partial charge is 0.287 e. The Hall–Kier alpha value is -2.16. The molecular weight excluding hydrogens is 390 g/mol. The molecule has 2 N–H and O–H groups in total. The largest absolute Gasteiger partial charge is 0.438 e. The standard InChI is InChI=1S/C21H31N3O4S/c1-15(2)24(6)14-17-10-8-7-9-16(17)13-22-20(25)18-11-12-19(28-18)29(26,27)23-21(3,4)5/h7-12,15,23H,13-14H2,1-6H3,(H,22,25). The van der Waals surface area contributed by atoms with Crippen LogP contribution in [0.15, 0.2) is 45.9 Å². The Labute approximate surface area is 173 Å². The molecule has 7 nitrogen and oxygen atoms in total. The lowest BCUT2D eigenvalue weighted by molar-refractivity contribution is 0.0917. The number of nitrogens with zero attached hydrogens (tertiary/aromatic N) is 1. The molecule has 29 heavy (non-hydrogen) atoms. The molecule has 0 aliphatic carbocycles. The SMILES string of the molecule is CC(C)N(C)Cc1ccccc1CNC(=O)c1ccc(S(=O)(=O)NC(C)(C)C)o1. The van der Waals surface area contributed by atoms with Crippen molar-refractivity contribution in [3.8, 4) is 0 Å². The zero-order valence-electron chi connectivity index (χ0n) is 17.9. The van der Waals surface area contributed by atoms with Crippen LogP contribution < -0.4 is 10.0 Å². The van der Waals surface area contributed by atoms with E-state index in [0.717, 1.165) is 17.7 Å². The third-order valence-corrected chi connectivity index (χ3v) is 6.00. The van der Waals surface area contributed by atoms with Crippen molar-refractivity contribution < 1.29 is 17.6 Å². The molecule has 0 atom stereocenters. The second-order valence-electron chi connectivity index (χ2n) is 8.43. The molecule has 0 unspecified atom stereocenters. The molecule has 2 rings (SSSR count). The van der Waals surface area contributed by atoms with Crippen molar-refractivity contribution in [3.63, 3.8) is 0 Å². The van der Waals surface area contributed by atoms with E-state index in [1.807, 2.05) is 24.3 Å². The first-order valence-electron chi connectivity index (χ1n) is 9.58. The van der Waals surface area contributed by atoms with Gasteiger partial charge in [-0.05, 0) is 64.9 Å². The van der Waals surface area contributed by atoms with Gasteiger partial charge in [0, 0.05) is 24.7 Å². The highest BCUT2D eigenvalue weighted by molar-refractivity contribution is 7.89. The van der Waals surface area contributed by atoms with Gasteiger partial charge in [0.2, 0.25) is 5.09 Å². The second kappa shape index (κ2) is 9.11. The second-order valence-corrected chi connectivity index (χ2v) is 10.0. The highest BCUT2D eigenvalue weighted by Crippen LogP contribution is 2.17. The molecule has 1 amide bonds. The van der Waals surface area contributed by atoms with E-state index in [0.29, 0.717) is 12.6 Å². The van der Waals surface area contributed by atoms with Crippen LogP contribution in [0.1, 0.15) is 56.3 Å². The summed E-state index contributed by atoms with van der Waals surface area (Å²) in [5, 5.41) is 2.52. The van der Waals surface area contributed by atoms with E-state index in [2.05, 4.69) is 35.8 Å². The number of benzene rings is 1. The van der Waals surface area contributed by atoms with E-state index in [-0.39, 0.29) is 10.9 Å². The molecule has 0 aliphatic heterocycles. The van der Waals surface area contributed by atoms with Crippen LogP contribution in [0.3, 0.4) is 0 Å². The van der Waals surface area contributed by atoms with Gasteiger partial charge >= 0.3 is 0 Å². The van der Waals surface area contributed by atoms with Crippen LogP contribution in [0.4, 0.5) is 0 Å². The maximum absolute atomic E-state index is 12.5. The maximum atomic E-state index is 12.5. The average Bonchev–Trinajstić information content (AvgIpc) is 3.09. The van der Waals surface area contributed by atoms with Crippen LogP contribution in [-0.2, 0) is 23.1 Å². The number of hydrogen-bond acceptors (Lipinski definition) is 5. The first kappa shape index (κ1) is 23.1. The molecule has 2 aromatic rings. The number of rotatable bonds is 8. The Balaban J connectivity index is 2.07. The highest BCUT2D eigenvalue weighted by Gasteiger charge is 2.26. The lowest BCUT2D eigenvalue weighted by atomic mass is 10.1. The predicted octanol–water partition coefficient (Wildman–Crippen LogP) is 3.13. The Morgan fingerprint density at radius 3 is 2.31 bits per heavy atom. The number of amides is 1. The van der Waals surface area contributed by atoms with Crippen LogP contribution in [0.2, 0.25) is 0 Å². The van der Waals surface area contributed by atoms with Gasteiger partial charge in [0.05, 0.1) is 0 Å². The summed E-state index contributed by atoms with van der Waals surface area (Å²) in [4.78, 5) is 14.7.